The van der Waals surface area contributed by atoms with Crippen LogP contribution in [0.2, 0.25) is 0 Å². The summed E-state index contributed by atoms with van der Waals surface area (Å²) in [6.07, 6.45) is 2.57. The molecule has 0 aromatic heterocycles. The molecule has 1 amide bonds. The van der Waals surface area contributed by atoms with Gasteiger partial charge in [0.2, 0.25) is 0 Å². The van der Waals surface area contributed by atoms with Crippen molar-refractivity contribution in [3.63, 3.8) is 0 Å². The first-order valence-corrected chi connectivity index (χ1v) is 6.59. The largest absolute Gasteiger partial charge is 0.507 e. The third kappa shape index (κ3) is 1.94. The molecule has 0 spiro atoms. The number of piperidine rings is 1. The lowest BCUT2D eigenvalue weighted by Gasteiger charge is -2.37. The normalized spacial score (nSPS) is 29.5. The highest BCUT2D eigenvalue weighted by molar-refractivity contribution is 6.00. The molecule has 5 nitrogen and oxygen atoms in total. The fourth-order valence-corrected chi connectivity index (χ4v) is 3.36. The Balaban J connectivity index is 1.93. The number of carbonyl (C=O) groups excluding carboxylic acids is 1. The zero-order valence-corrected chi connectivity index (χ0v) is 10.5. The van der Waals surface area contributed by atoms with E-state index >= 15 is 0 Å². The zero-order chi connectivity index (χ0) is 13.6. The summed E-state index contributed by atoms with van der Waals surface area (Å²) < 4.78 is 0. The lowest BCUT2D eigenvalue weighted by Crippen LogP contribution is -2.48. The number of phenols is 2. The van der Waals surface area contributed by atoms with E-state index < -0.39 is 0 Å². The summed E-state index contributed by atoms with van der Waals surface area (Å²) in [7, 11) is 0. The quantitative estimate of drug-likeness (QED) is 0.711. The van der Waals surface area contributed by atoms with Gasteiger partial charge < -0.3 is 20.2 Å². The lowest BCUT2D eigenvalue weighted by atomic mass is 9.98. The molecule has 102 valence electrons. The van der Waals surface area contributed by atoms with Crippen molar-refractivity contribution in [2.75, 3.05) is 0 Å². The highest BCUT2D eigenvalue weighted by Crippen LogP contribution is 2.39. The first-order valence-electron chi connectivity index (χ1n) is 6.59. The number of benzene rings is 1. The standard InChI is InChI=1S/C14H17NO4/c16-10-6-8-4-5-9(7-10)15(8)14(19)13-11(17)2-1-3-12(13)18/h1-3,8-10,16-18H,4-7H2. The minimum Gasteiger partial charge on any atom is -0.507 e. The number of aliphatic hydroxyl groups excluding tert-OH is 1. The van der Waals surface area contributed by atoms with E-state index in [1.54, 1.807) is 4.90 Å². The topological polar surface area (TPSA) is 81.0 Å². The van der Waals surface area contributed by atoms with Gasteiger partial charge in [-0.3, -0.25) is 4.79 Å². The van der Waals surface area contributed by atoms with Crippen LogP contribution in [0.25, 0.3) is 0 Å². The predicted molar refractivity (Wildman–Crippen MR) is 68.0 cm³/mol. The number of aromatic hydroxyl groups is 2. The molecule has 5 heteroatoms. The van der Waals surface area contributed by atoms with Gasteiger partial charge in [-0.15, -0.1) is 0 Å². The number of fused-ring (bicyclic) bond motifs is 2. The van der Waals surface area contributed by atoms with Crippen LogP contribution in [0.1, 0.15) is 36.0 Å². The smallest absolute Gasteiger partial charge is 0.261 e. The first-order chi connectivity index (χ1) is 9.08. The summed E-state index contributed by atoms with van der Waals surface area (Å²) in [6, 6.07) is 4.32. The van der Waals surface area contributed by atoms with E-state index in [1.165, 1.54) is 18.2 Å². The molecule has 1 aromatic carbocycles. The molecule has 2 heterocycles. The molecule has 2 bridgehead atoms. The Morgan fingerprint density at radius 2 is 1.63 bits per heavy atom. The number of hydrogen-bond acceptors (Lipinski definition) is 4. The number of amides is 1. The maximum atomic E-state index is 12.5. The highest BCUT2D eigenvalue weighted by atomic mass is 16.3. The third-order valence-electron chi connectivity index (χ3n) is 4.18. The maximum absolute atomic E-state index is 12.5. The molecular formula is C14H17NO4. The molecule has 2 aliphatic rings. The number of rotatable bonds is 1. The van der Waals surface area contributed by atoms with Crippen LogP contribution >= 0.6 is 0 Å². The SMILES string of the molecule is O=C(c1c(O)cccc1O)N1C2CCC1CC(O)C2. The van der Waals surface area contributed by atoms with Crippen molar-refractivity contribution in [3.8, 4) is 11.5 Å². The summed E-state index contributed by atoms with van der Waals surface area (Å²) >= 11 is 0. The van der Waals surface area contributed by atoms with Crippen molar-refractivity contribution >= 4 is 5.91 Å². The van der Waals surface area contributed by atoms with Crippen LogP contribution in [-0.2, 0) is 0 Å². The monoisotopic (exact) mass is 263 g/mol. The van der Waals surface area contributed by atoms with E-state index in [0.29, 0.717) is 12.8 Å². The molecule has 19 heavy (non-hydrogen) atoms. The molecule has 3 rings (SSSR count). The van der Waals surface area contributed by atoms with Gasteiger partial charge in [-0.25, -0.2) is 0 Å². The molecule has 0 aliphatic carbocycles. The van der Waals surface area contributed by atoms with Gasteiger partial charge in [0, 0.05) is 12.1 Å². The van der Waals surface area contributed by atoms with Crippen LogP contribution in [0.5, 0.6) is 11.5 Å². The zero-order valence-electron chi connectivity index (χ0n) is 10.5. The number of hydrogen-bond donors (Lipinski definition) is 3. The Kier molecular flexibility index (Phi) is 2.86. The van der Waals surface area contributed by atoms with Crippen LogP contribution in [0.15, 0.2) is 18.2 Å². The minimum atomic E-state index is -0.348. The molecule has 2 atom stereocenters. The fraction of sp³-hybridized carbons (Fsp3) is 0.500. The second-order valence-corrected chi connectivity index (χ2v) is 5.39. The number of carbonyl (C=O) groups is 1. The number of aliphatic hydroxyl groups is 1. The number of phenolic OH excluding ortho intramolecular Hbond substituents is 2. The van der Waals surface area contributed by atoms with E-state index in [-0.39, 0.29) is 41.2 Å². The minimum absolute atomic E-state index is 0.0141. The number of nitrogens with zero attached hydrogens (tertiary/aromatic N) is 1. The van der Waals surface area contributed by atoms with E-state index in [1.807, 2.05) is 0 Å². The summed E-state index contributed by atoms with van der Waals surface area (Å²) in [4.78, 5) is 14.3. The van der Waals surface area contributed by atoms with Gasteiger partial charge >= 0.3 is 0 Å². The molecule has 0 radical (unpaired) electrons. The van der Waals surface area contributed by atoms with Gasteiger partial charge in [0.15, 0.2) is 0 Å². The van der Waals surface area contributed by atoms with Gasteiger partial charge in [0.1, 0.15) is 17.1 Å². The van der Waals surface area contributed by atoms with Crippen LogP contribution < -0.4 is 0 Å². The fourth-order valence-electron chi connectivity index (χ4n) is 3.36. The van der Waals surface area contributed by atoms with Crippen molar-refractivity contribution in [2.45, 2.75) is 43.9 Å². The Morgan fingerprint density at radius 1 is 1.11 bits per heavy atom. The van der Waals surface area contributed by atoms with E-state index in [0.717, 1.165) is 12.8 Å². The van der Waals surface area contributed by atoms with E-state index in [4.69, 9.17) is 0 Å². The second kappa shape index (κ2) is 4.42. The van der Waals surface area contributed by atoms with Crippen LogP contribution in [0, 0.1) is 0 Å². The average Bonchev–Trinajstić information content (AvgIpc) is 2.61. The van der Waals surface area contributed by atoms with Gasteiger partial charge in [0.25, 0.3) is 5.91 Å². The van der Waals surface area contributed by atoms with Gasteiger partial charge in [-0.05, 0) is 37.8 Å². The van der Waals surface area contributed by atoms with Crippen molar-refractivity contribution in [1.29, 1.82) is 0 Å². The maximum Gasteiger partial charge on any atom is 0.261 e. The predicted octanol–water partition coefficient (Wildman–Crippen LogP) is 1.23. The van der Waals surface area contributed by atoms with Crippen molar-refractivity contribution in [3.05, 3.63) is 23.8 Å². The molecular weight excluding hydrogens is 246 g/mol. The first kappa shape index (κ1) is 12.3. The van der Waals surface area contributed by atoms with E-state index in [2.05, 4.69) is 0 Å². The highest BCUT2D eigenvalue weighted by Gasteiger charge is 2.43. The third-order valence-corrected chi connectivity index (χ3v) is 4.18. The van der Waals surface area contributed by atoms with Gasteiger partial charge in [-0.2, -0.15) is 0 Å². The van der Waals surface area contributed by atoms with Crippen molar-refractivity contribution < 1.29 is 20.1 Å². The Hall–Kier alpha value is -1.75. The molecule has 2 saturated heterocycles. The Morgan fingerprint density at radius 3 is 2.16 bits per heavy atom. The molecule has 0 saturated carbocycles. The van der Waals surface area contributed by atoms with Gasteiger partial charge in [0.05, 0.1) is 6.10 Å². The molecule has 2 fully saturated rings. The molecule has 3 N–H and O–H groups in total. The second-order valence-electron chi connectivity index (χ2n) is 5.39. The summed E-state index contributed by atoms with van der Waals surface area (Å²) in [6.45, 7) is 0. The summed E-state index contributed by atoms with van der Waals surface area (Å²) in [5.41, 5.74) is -0.0317. The van der Waals surface area contributed by atoms with Gasteiger partial charge in [-0.1, -0.05) is 6.07 Å². The van der Waals surface area contributed by atoms with Crippen LogP contribution in [0.3, 0.4) is 0 Å². The van der Waals surface area contributed by atoms with Crippen molar-refractivity contribution in [1.82, 2.24) is 4.90 Å². The average molecular weight is 263 g/mol. The Labute approximate surface area is 111 Å². The lowest BCUT2D eigenvalue weighted by molar-refractivity contribution is 0.0283. The molecule has 2 aliphatic heterocycles. The van der Waals surface area contributed by atoms with E-state index in [9.17, 15) is 20.1 Å². The van der Waals surface area contributed by atoms with Crippen LogP contribution in [0.4, 0.5) is 0 Å². The molecule has 2 unspecified atom stereocenters. The summed E-state index contributed by atoms with van der Waals surface area (Å²) in [5, 5.41) is 29.3. The molecule has 1 aromatic rings. The summed E-state index contributed by atoms with van der Waals surface area (Å²) in [5.74, 6) is -0.735. The van der Waals surface area contributed by atoms with Crippen molar-refractivity contribution in [2.24, 2.45) is 0 Å². The Bertz CT molecular complexity index is 482. The van der Waals surface area contributed by atoms with Crippen LogP contribution in [-0.4, -0.2) is 44.3 Å².